The quantitative estimate of drug-likeness (QED) is 0.839. The summed E-state index contributed by atoms with van der Waals surface area (Å²) in [6, 6.07) is 6.41. The molecule has 94 valence electrons. The second-order valence-electron chi connectivity index (χ2n) is 4.10. The summed E-state index contributed by atoms with van der Waals surface area (Å²) in [6.07, 6.45) is 0. The summed E-state index contributed by atoms with van der Waals surface area (Å²) >= 11 is 5.81. The maximum absolute atomic E-state index is 11.9. The smallest absolute Gasteiger partial charge is 0.231 e. The zero-order chi connectivity index (χ0) is 13.1. The van der Waals surface area contributed by atoms with Gasteiger partial charge in [-0.3, -0.25) is 4.79 Å². The minimum absolute atomic E-state index is 0.203. The Labute approximate surface area is 109 Å². The molecule has 2 atom stereocenters. The van der Waals surface area contributed by atoms with E-state index in [9.17, 15) is 4.79 Å². The highest BCUT2D eigenvalue weighted by Gasteiger charge is 2.31. The van der Waals surface area contributed by atoms with E-state index < -0.39 is 0 Å². The molecular formula is C12H12ClN3O2. The Kier molecular flexibility index (Phi) is 3.82. The van der Waals surface area contributed by atoms with Crippen LogP contribution in [0.5, 0.6) is 0 Å². The lowest BCUT2D eigenvalue weighted by Gasteiger charge is -2.13. The topological polar surface area (TPSA) is 88.1 Å². The number of benzene rings is 1. The molecule has 0 radical (unpaired) electrons. The fourth-order valence-corrected chi connectivity index (χ4v) is 1.92. The molecule has 0 saturated carbocycles. The number of hydrogen-bond donors (Lipinski definition) is 2. The number of nitrogens with zero attached hydrogens (tertiary/aromatic N) is 1. The molecule has 6 heteroatoms. The predicted octanol–water partition coefficient (Wildman–Crippen LogP) is 1.12. The first-order chi connectivity index (χ1) is 8.61. The van der Waals surface area contributed by atoms with Crippen LogP contribution in [0.15, 0.2) is 18.2 Å². The SMILES string of the molecule is N#Cc1cc(NC(=O)C2COCC2N)ccc1Cl. The molecule has 1 amide bonds. The van der Waals surface area contributed by atoms with Crippen molar-refractivity contribution in [3.63, 3.8) is 0 Å². The van der Waals surface area contributed by atoms with E-state index in [1.54, 1.807) is 12.1 Å². The van der Waals surface area contributed by atoms with Crippen LogP contribution >= 0.6 is 11.6 Å². The molecule has 1 fully saturated rings. The van der Waals surface area contributed by atoms with Gasteiger partial charge in [0.2, 0.25) is 5.91 Å². The molecule has 0 aromatic heterocycles. The lowest BCUT2D eigenvalue weighted by Crippen LogP contribution is -2.37. The van der Waals surface area contributed by atoms with Crippen LogP contribution in [0.1, 0.15) is 5.56 Å². The molecular weight excluding hydrogens is 254 g/mol. The van der Waals surface area contributed by atoms with Crippen molar-refractivity contribution in [1.82, 2.24) is 0 Å². The number of halogens is 1. The number of hydrogen-bond acceptors (Lipinski definition) is 4. The number of nitrogens with two attached hydrogens (primary N) is 1. The number of amides is 1. The molecule has 1 aliphatic rings. The van der Waals surface area contributed by atoms with Gasteiger partial charge >= 0.3 is 0 Å². The van der Waals surface area contributed by atoms with Crippen LogP contribution in [0.25, 0.3) is 0 Å². The Hall–Kier alpha value is -1.61. The predicted molar refractivity (Wildman–Crippen MR) is 67.1 cm³/mol. The number of carbonyl (C=O) groups excluding carboxylic acids is 1. The average Bonchev–Trinajstić information content (AvgIpc) is 2.78. The normalized spacial score (nSPS) is 22.5. The van der Waals surface area contributed by atoms with Crippen molar-refractivity contribution in [2.75, 3.05) is 18.5 Å². The van der Waals surface area contributed by atoms with Gasteiger partial charge in [0.1, 0.15) is 6.07 Å². The fourth-order valence-electron chi connectivity index (χ4n) is 1.76. The maximum atomic E-state index is 11.9. The van der Waals surface area contributed by atoms with E-state index >= 15 is 0 Å². The van der Waals surface area contributed by atoms with Crippen molar-refractivity contribution in [3.8, 4) is 6.07 Å². The third-order valence-electron chi connectivity index (χ3n) is 2.82. The number of anilines is 1. The Morgan fingerprint density at radius 1 is 1.56 bits per heavy atom. The van der Waals surface area contributed by atoms with Gasteiger partial charge in [0.25, 0.3) is 0 Å². The molecule has 1 aliphatic heterocycles. The highest BCUT2D eigenvalue weighted by molar-refractivity contribution is 6.31. The van der Waals surface area contributed by atoms with Crippen molar-refractivity contribution in [1.29, 1.82) is 5.26 Å². The first-order valence-corrected chi connectivity index (χ1v) is 5.83. The molecule has 3 N–H and O–H groups in total. The zero-order valence-electron chi connectivity index (χ0n) is 9.52. The molecule has 5 nitrogen and oxygen atoms in total. The van der Waals surface area contributed by atoms with Gasteiger partial charge in [0.15, 0.2) is 0 Å². The van der Waals surface area contributed by atoms with Crippen LogP contribution < -0.4 is 11.1 Å². The average molecular weight is 266 g/mol. The number of ether oxygens (including phenoxy) is 1. The fraction of sp³-hybridized carbons (Fsp3) is 0.333. The van der Waals surface area contributed by atoms with Gasteiger partial charge < -0.3 is 15.8 Å². The Balaban J connectivity index is 2.10. The van der Waals surface area contributed by atoms with Crippen molar-refractivity contribution in [2.45, 2.75) is 6.04 Å². The summed E-state index contributed by atoms with van der Waals surface area (Å²) < 4.78 is 5.13. The van der Waals surface area contributed by atoms with Gasteiger partial charge in [-0.2, -0.15) is 5.26 Å². The van der Waals surface area contributed by atoms with Gasteiger partial charge in [-0.25, -0.2) is 0 Å². The van der Waals surface area contributed by atoms with Crippen molar-refractivity contribution in [3.05, 3.63) is 28.8 Å². The summed E-state index contributed by atoms with van der Waals surface area (Å²) in [5.74, 6) is -0.558. The highest BCUT2D eigenvalue weighted by Crippen LogP contribution is 2.21. The molecule has 1 aromatic carbocycles. The minimum Gasteiger partial charge on any atom is -0.379 e. The summed E-state index contributed by atoms with van der Waals surface area (Å²) in [6.45, 7) is 0.716. The van der Waals surface area contributed by atoms with E-state index in [-0.39, 0.29) is 17.9 Å². The number of nitriles is 1. The van der Waals surface area contributed by atoms with Gasteiger partial charge in [-0.1, -0.05) is 11.6 Å². The van der Waals surface area contributed by atoms with E-state index in [0.717, 1.165) is 0 Å². The maximum Gasteiger partial charge on any atom is 0.231 e. The summed E-state index contributed by atoms with van der Waals surface area (Å²) in [7, 11) is 0. The molecule has 18 heavy (non-hydrogen) atoms. The molecule has 1 saturated heterocycles. The van der Waals surface area contributed by atoms with Crippen LogP contribution in [0, 0.1) is 17.2 Å². The summed E-state index contributed by atoms with van der Waals surface area (Å²) in [5.41, 5.74) is 6.60. The van der Waals surface area contributed by atoms with E-state index in [1.807, 2.05) is 6.07 Å². The second-order valence-corrected chi connectivity index (χ2v) is 4.51. The van der Waals surface area contributed by atoms with Crippen LogP contribution in [0.3, 0.4) is 0 Å². The first kappa shape index (κ1) is 12.8. The van der Waals surface area contributed by atoms with Crippen LogP contribution in [0.4, 0.5) is 5.69 Å². The number of nitrogens with one attached hydrogen (secondary N) is 1. The first-order valence-electron chi connectivity index (χ1n) is 5.45. The van der Waals surface area contributed by atoms with Gasteiger partial charge in [-0.15, -0.1) is 0 Å². The van der Waals surface area contributed by atoms with Gasteiger partial charge in [-0.05, 0) is 18.2 Å². The van der Waals surface area contributed by atoms with Crippen molar-refractivity contribution in [2.24, 2.45) is 11.7 Å². The van der Waals surface area contributed by atoms with Gasteiger partial charge in [0.05, 0.1) is 29.7 Å². The van der Waals surface area contributed by atoms with E-state index in [2.05, 4.69) is 5.32 Å². The lowest BCUT2D eigenvalue weighted by molar-refractivity contribution is -0.120. The van der Waals surface area contributed by atoms with E-state index in [4.69, 9.17) is 27.3 Å². The molecule has 1 heterocycles. The van der Waals surface area contributed by atoms with Gasteiger partial charge in [0, 0.05) is 11.7 Å². The number of carbonyl (C=O) groups is 1. The third kappa shape index (κ3) is 2.62. The second kappa shape index (κ2) is 5.36. The van der Waals surface area contributed by atoms with Crippen LogP contribution in [-0.4, -0.2) is 25.2 Å². The molecule has 0 aliphatic carbocycles. The van der Waals surface area contributed by atoms with Crippen LogP contribution in [0.2, 0.25) is 5.02 Å². The molecule has 0 bridgehead atoms. The molecule has 0 spiro atoms. The van der Waals surface area contributed by atoms with Crippen molar-refractivity contribution >= 4 is 23.2 Å². The van der Waals surface area contributed by atoms with Crippen molar-refractivity contribution < 1.29 is 9.53 Å². The Morgan fingerprint density at radius 2 is 2.33 bits per heavy atom. The molecule has 1 aromatic rings. The monoisotopic (exact) mass is 265 g/mol. The minimum atomic E-state index is -0.355. The molecule has 2 unspecified atom stereocenters. The standard InChI is InChI=1S/C12H12ClN3O2/c13-10-2-1-8(3-7(10)4-14)16-12(17)9-5-18-6-11(9)15/h1-3,9,11H,5-6,15H2,(H,16,17). The van der Waals surface area contributed by atoms with E-state index in [1.165, 1.54) is 6.07 Å². The Morgan fingerprint density at radius 3 is 2.94 bits per heavy atom. The number of rotatable bonds is 2. The van der Waals surface area contributed by atoms with Crippen LogP contribution in [-0.2, 0) is 9.53 Å². The lowest BCUT2D eigenvalue weighted by atomic mass is 10.0. The third-order valence-corrected chi connectivity index (χ3v) is 3.15. The van der Waals surface area contributed by atoms with E-state index in [0.29, 0.717) is 29.5 Å². The summed E-state index contributed by atoms with van der Waals surface area (Å²) in [4.78, 5) is 11.9. The summed E-state index contributed by atoms with van der Waals surface area (Å²) in [5, 5.41) is 11.9. The Bertz CT molecular complexity index is 513. The highest BCUT2D eigenvalue weighted by atomic mass is 35.5. The molecule has 2 rings (SSSR count). The zero-order valence-corrected chi connectivity index (χ0v) is 10.3. The largest absolute Gasteiger partial charge is 0.379 e.